The lowest BCUT2D eigenvalue weighted by atomic mass is 9.73. The van der Waals surface area contributed by atoms with Gasteiger partial charge in [0.1, 0.15) is 16.3 Å². The van der Waals surface area contributed by atoms with Gasteiger partial charge in [-0.3, -0.25) is 19.4 Å². The van der Waals surface area contributed by atoms with Crippen LogP contribution in [0.4, 0.5) is 26.3 Å². The maximum absolute atomic E-state index is 15.1. The second-order valence-electron chi connectivity index (χ2n) is 15.0. The Morgan fingerprint density at radius 2 is 1.73 bits per heavy atom. The summed E-state index contributed by atoms with van der Waals surface area (Å²) in [6.45, 7) is 4.78. The van der Waals surface area contributed by atoms with Gasteiger partial charge in [-0.1, -0.05) is 17.7 Å². The molecule has 3 aliphatic rings. The van der Waals surface area contributed by atoms with Crippen molar-refractivity contribution >= 4 is 40.7 Å². The summed E-state index contributed by atoms with van der Waals surface area (Å²) < 4.78 is 90.6. The molecule has 6 rings (SSSR count). The summed E-state index contributed by atoms with van der Waals surface area (Å²) >= 11 is 6.60. The quantitative estimate of drug-likeness (QED) is 0.218. The second-order valence-corrected chi connectivity index (χ2v) is 16.3. The fourth-order valence-corrected chi connectivity index (χ4v) is 8.99. The van der Waals surface area contributed by atoms with Crippen molar-refractivity contribution in [3.63, 3.8) is 0 Å². The van der Waals surface area contributed by atoms with Crippen molar-refractivity contribution < 1.29 is 50.6 Å². The topological polar surface area (TPSA) is 103 Å². The molecule has 2 amide bonds. The third-order valence-electron chi connectivity index (χ3n) is 11.3. The van der Waals surface area contributed by atoms with E-state index in [4.69, 9.17) is 16.3 Å². The van der Waals surface area contributed by atoms with Crippen molar-refractivity contribution in [2.45, 2.75) is 82.9 Å². The fraction of sp³-hybridized carbons (Fsp3) is 0.526. The van der Waals surface area contributed by atoms with Crippen LogP contribution in [0.1, 0.15) is 78.0 Å². The molecule has 3 aliphatic heterocycles. The smallest absolute Gasteiger partial charge is 0.425 e. The number of nitrogens with zero attached hydrogens (tertiary/aromatic N) is 4. The van der Waals surface area contributed by atoms with Crippen LogP contribution in [0, 0.1) is 11.3 Å². The molecule has 0 aliphatic carbocycles. The van der Waals surface area contributed by atoms with Gasteiger partial charge in [-0.05, 0) is 100 Å². The van der Waals surface area contributed by atoms with Gasteiger partial charge in [0.25, 0.3) is 11.8 Å². The normalized spacial score (nSPS) is 21.7. The van der Waals surface area contributed by atoms with Crippen LogP contribution < -0.4 is 4.74 Å². The predicted molar refractivity (Wildman–Crippen MR) is 192 cm³/mol. The number of amides is 2. The van der Waals surface area contributed by atoms with E-state index in [1.54, 1.807) is 32.0 Å². The van der Waals surface area contributed by atoms with E-state index in [0.29, 0.717) is 48.7 Å². The molecule has 3 aromatic rings. The maximum Gasteiger partial charge on any atom is 0.425 e. The number of halogens is 7. The van der Waals surface area contributed by atoms with Crippen LogP contribution in [0.15, 0.2) is 48.0 Å². The van der Waals surface area contributed by atoms with Crippen LogP contribution >= 0.6 is 22.9 Å². The Balaban J connectivity index is 1.41. The van der Waals surface area contributed by atoms with Gasteiger partial charge in [-0.15, -0.1) is 11.3 Å². The van der Waals surface area contributed by atoms with Crippen LogP contribution in [0.3, 0.4) is 0 Å². The monoisotopic (exact) mass is 814 g/mol. The van der Waals surface area contributed by atoms with E-state index in [9.17, 15) is 41.0 Å². The third-order valence-corrected chi connectivity index (χ3v) is 12.5. The molecule has 5 heterocycles. The molecule has 2 fully saturated rings. The third kappa shape index (κ3) is 8.46. The van der Waals surface area contributed by atoms with Crippen molar-refractivity contribution in [2.75, 3.05) is 32.7 Å². The highest BCUT2D eigenvalue weighted by Crippen LogP contribution is 2.43. The van der Waals surface area contributed by atoms with Crippen LogP contribution in [-0.2, 0) is 34.9 Å². The molecule has 298 valence electrons. The number of alkyl halides is 6. The van der Waals surface area contributed by atoms with Crippen LogP contribution in [0.25, 0.3) is 0 Å². The lowest BCUT2D eigenvalue weighted by Gasteiger charge is -2.50. The van der Waals surface area contributed by atoms with E-state index < -0.39 is 63.3 Å². The molecule has 0 spiro atoms. The average molecular weight is 815 g/mol. The number of hydrogen-bond acceptors (Lipinski definition) is 7. The molecule has 2 saturated heterocycles. The zero-order valence-corrected chi connectivity index (χ0v) is 31.8. The first-order valence-electron chi connectivity index (χ1n) is 18.0. The van der Waals surface area contributed by atoms with Gasteiger partial charge < -0.3 is 24.5 Å². The zero-order chi connectivity index (χ0) is 39.9. The maximum atomic E-state index is 15.1. The second kappa shape index (κ2) is 15.6. The molecule has 9 nitrogen and oxygen atoms in total. The Morgan fingerprint density at radius 3 is 2.38 bits per heavy atom. The summed E-state index contributed by atoms with van der Waals surface area (Å²) in [5.74, 6) is -2.98. The number of ether oxygens (including phenoxy) is 1. The lowest BCUT2D eigenvalue weighted by Crippen LogP contribution is -2.68. The summed E-state index contributed by atoms with van der Waals surface area (Å²) in [6, 6.07) is 6.63. The minimum absolute atomic E-state index is 0.00888. The number of carbonyl (C=O) groups is 3. The largest absolute Gasteiger partial charge is 0.481 e. The molecule has 2 atom stereocenters. The molecule has 55 heavy (non-hydrogen) atoms. The summed E-state index contributed by atoms with van der Waals surface area (Å²) in [5.41, 5.74) is -3.38. The Labute approximate surface area is 323 Å². The van der Waals surface area contributed by atoms with E-state index in [1.807, 2.05) is 4.90 Å². The molecule has 0 unspecified atom stereocenters. The number of benzene rings is 1. The first-order valence-corrected chi connectivity index (χ1v) is 19.3. The molecule has 1 aromatic carbocycles. The van der Waals surface area contributed by atoms with Gasteiger partial charge in [0, 0.05) is 55.3 Å². The van der Waals surface area contributed by atoms with Crippen molar-refractivity contribution in [3.05, 3.63) is 80.3 Å². The lowest BCUT2D eigenvalue weighted by molar-refractivity contribution is -0.160. The van der Waals surface area contributed by atoms with Crippen molar-refractivity contribution in [3.8, 4) is 5.75 Å². The van der Waals surface area contributed by atoms with Gasteiger partial charge in [0.05, 0.1) is 17.0 Å². The molecule has 0 radical (unpaired) electrons. The molecular formula is C38H41ClF6N4O5S. The summed E-state index contributed by atoms with van der Waals surface area (Å²) in [7, 11) is 0. The SMILES string of the molecule is CC(C)(C(=O)O)C1CCN(CC[C@H]2N(C(=O)c3ncccc3C(F)(F)F)CCC[C@@]2(Oc2csc(C(F)(F)F)c2)C(=O)N2CCc3cc(Cl)ccc3C2)CC1. The van der Waals surface area contributed by atoms with E-state index in [0.717, 1.165) is 40.9 Å². The van der Waals surface area contributed by atoms with Gasteiger partial charge in [0.15, 0.2) is 0 Å². The highest BCUT2D eigenvalue weighted by atomic mass is 35.5. The number of pyridine rings is 1. The number of aromatic nitrogens is 1. The zero-order valence-electron chi connectivity index (χ0n) is 30.2. The molecule has 1 N–H and O–H groups in total. The summed E-state index contributed by atoms with van der Waals surface area (Å²) in [6.07, 6.45) is -7.01. The van der Waals surface area contributed by atoms with Crippen LogP contribution in [0.2, 0.25) is 5.02 Å². The number of aliphatic carboxylic acids is 1. The first-order chi connectivity index (χ1) is 25.8. The van der Waals surface area contributed by atoms with Crippen LogP contribution in [-0.4, -0.2) is 86.9 Å². The summed E-state index contributed by atoms with van der Waals surface area (Å²) in [5, 5.41) is 11.4. The number of rotatable bonds is 9. The number of carboxylic acids is 1. The molecule has 0 bridgehead atoms. The van der Waals surface area contributed by atoms with E-state index in [2.05, 4.69) is 4.98 Å². The van der Waals surface area contributed by atoms with Gasteiger partial charge in [-0.25, -0.2) is 0 Å². The predicted octanol–water partition coefficient (Wildman–Crippen LogP) is 8.05. The van der Waals surface area contributed by atoms with E-state index in [-0.39, 0.29) is 57.1 Å². The van der Waals surface area contributed by atoms with E-state index in [1.165, 1.54) is 9.80 Å². The number of piperidine rings is 2. The van der Waals surface area contributed by atoms with Gasteiger partial charge >= 0.3 is 18.3 Å². The highest BCUT2D eigenvalue weighted by Gasteiger charge is 2.56. The average Bonchev–Trinajstić information content (AvgIpc) is 3.62. The number of fused-ring (bicyclic) bond motifs is 1. The Kier molecular flexibility index (Phi) is 11.5. The molecule has 17 heteroatoms. The summed E-state index contributed by atoms with van der Waals surface area (Å²) in [4.78, 5) is 49.0. The van der Waals surface area contributed by atoms with Crippen molar-refractivity contribution in [1.29, 1.82) is 0 Å². The van der Waals surface area contributed by atoms with Crippen molar-refractivity contribution in [1.82, 2.24) is 19.7 Å². The van der Waals surface area contributed by atoms with Gasteiger partial charge in [-0.2, -0.15) is 26.3 Å². The minimum atomic E-state index is -4.93. The fourth-order valence-electron chi connectivity index (χ4n) is 8.12. The number of hydrogen-bond donors (Lipinski definition) is 1. The molecule has 2 aromatic heterocycles. The molecular weight excluding hydrogens is 774 g/mol. The number of likely N-dealkylation sites (tertiary alicyclic amines) is 2. The molecule has 0 saturated carbocycles. The van der Waals surface area contributed by atoms with Gasteiger partial charge in [0.2, 0.25) is 5.60 Å². The highest BCUT2D eigenvalue weighted by molar-refractivity contribution is 7.10. The number of carbonyl (C=O) groups excluding carboxylic acids is 2. The Morgan fingerprint density at radius 1 is 1.00 bits per heavy atom. The number of thiophene rings is 1. The first kappa shape index (κ1) is 40.8. The van der Waals surface area contributed by atoms with Crippen molar-refractivity contribution in [2.24, 2.45) is 11.3 Å². The Bertz CT molecular complexity index is 1910. The van der Waals surface area contributed by atoms with Crippen LogP contribution in [0.5, 0.6) is 5.75 Å². The van der Waals surface area contributed by atoms with E-state index >= 15 is 4.79 Å². The standard InChI is InChI=1S/C38H41ClF6N4O5S/c1-35(2,34(52)53)25-9-15-47(16-10-25)17-11-29-36(54-27-20-30(55-22-27)38(43,44)45,33(51)48-18-8-23-19-26(39)7-6-24(23)21-48)12-4-14-49(29)32(50)31-28(37(40,41)42)5-3-13-46-31/h3,5-7,13,19-20,22,25,29H,4,8-12,14-18,21H2,1-2H3,(H,52,53)/t29-,36+/m1/s1. The minimum Gasteiger partial charge on any atom is -0.481 e. The number of carboxylic acid groups (broad SMARTS) is 1. The Hall–Kier alpha value is -3.89.